The van der Waals surface area contributed by atoms with Crippen LogP contribution >= 0.6 is 0 Å². The molecule has 0 unspecified atom stereocenters. The van der Waals surface area contributed by atoms with E-state index in [4.69, 9.17) is 14.7 Å². The number of rotatable bonds is 4. The Hall–Kier alpha value is -1.57. The summed E-state index contributed by atoms with van der Waals surface area (Å²) in [4.78, 5) is 2.38. The number of hydrogen-bond donors (Lipinski definition) is 0. The third-order valence-corrected chi connectivity index (χ3v) is 3.67. The third-order valence-electron chi connectivity index (χ3n) is 3.67. The van der Waals surface area contributed by atoms with Gasteiger partial charge in [0.2, 0.25) is 0 Å². The molecule has 0 atom stereocenters. The summed E-state index contributed by atoms with van der Waals surface area (Å²) in [5.41, 5.74) is 1.76. The molecule has 0 aliphatic carbocycles. The Morgan fingerprint density at radius 1 is 1.32 bits per heavy atom. The van der Waals surface area contributed by atoms with Gasteiger partial charge in [0, 0.05) is 32.3 Å². The van der Waals surface area contributed by atoms with E-state index in [9.17, 15) is 0 Å². The van der Waals surface area contributed by atoms with E-state index in [2.05, 4.69) is 11.0 Å². The molecule has 1 aliphatic heterocycles. The third kappa shape index (κ3) is 3.46. The molecule has 0 aromatic heterocycles. The Balaban J connectivity index is 2.04. The molecular formula is C15H20N2O2. The average Bonchev–Trinajstić information content (AvgIpc) is 2.48. The molecule has 0 bridgehead atoms. The van der Waals surface area contributed by atoms with Crippen LogP contribution < -0.4 is 4.74 Å². The van der Waals surface area contributed by atoms with Crippen LogP contribution in [0.25, 0.3) is 0 Å². The fourth-order valence-corrected chi connectivity index (χ4v) is 2.52. The van der Waals surface area contributed by atoms with Crippen molar-refractivity contribution in [2.45, 2.75) is 25.5 Å². The van der Waals surface area contributed by atoms with E-state index >= 15 is 0 Å². The zero-order chi connectivity index (χ0) is 13.7. The van der Waals surface area contributed by atoms with Gasteiger partial charge >= 0.3 is 0 Å². The van der Waals surface area contributed by atoms with Crippen molar-refractivity contribution in [3.63, 3.8) is 0 Å². The largest absolute Gasteiger partial charge is 0.496 e. The van der Waals surface area contributed by atoms with E-state index in [1.165, 1.54) is 0 Å². The summed E-state index contributed by atoms with van der Waals surface area (Å²) < 4.78 is 10.7. The van der Waals surface area contributed by atoms with Crippen LogP contribution in [-0.2, 0) is 11.3 Å². The van der Waals surface area contributed by atoms with Gasteiger partial charge in [-0.25, -0.2) is 0 Å². The highest BCUT2D eigenvalue weighted by Gasteiger charge is 2.19. The van der Waals surface area contributed by atoms with Gasteiger partial charge in [-0.05, 0) is 31.0 Å². The van der Waals surface area contributed by atoms with Crippen LogP contribution in [0.4, 0.5) is 0 Å². The molecule has 102 valence electrons. The van der Waals surface area contributed by atoms with Crippen molar-refractivity contribution in [1.82, 2.24) is 4.90 Å². The lowest BCUT2D eigenvalue weighted by molar-refractivity contribution is 0.0387. The first kappa shape index (κ1) is 13.9. The van der Waals surface area contributed by atoms with Gasteiger partial charge < -0.3 is 9.47 Å². The molecule has 2 rings (SSSR count). The van der Waals surface area contributed by atoms with Crippen LogP contribution in [0.1, 0.15) is 24.0 Å². The van der Waals surface area contributed by atoms with Gasteiger partial charge in [-0.3, -0.25) is 4.90 Å². The van der Waals surface area contributed by atoms with Crippen molar-refractivity contribution in [3.8, 4) is 11.8 Å². The zero-order valence-corrected chi connectivity index (χ0v) is 11.6. The number of piperidine rings is 1. The SMILES string of the molecule is COc1ccc(C#N)cc1CN1CCC(OC)CC1. The van der Waals surface area contributed by atoms with Gasteiger partial charge in [0.15, 0.2) is 0 Å². The predicted octanol–water partition coefficient (Wildman–Crippen LogP) is 2.18. The first-order valence-corrected chi connectivity index (χ1v) is 6.59. The number of nitriles is 1. The Kier molecular flexibility index (Phi) is 4.78. The van der Waals surface area contributed by atoms with Crippen molar-refractivity contribution in [2.24, 2.45) is 0 Å². The second-order valence-electron chi connectivity index (χ2n) is 4.85. The summed E-state index contributed by atoms with van der Waals surface area (Å²) in [6, 6.07) is 7.76. The molecule has 4 heteroatoms. The van der Waals surface area contributed by atoms with E-state index in [-0.39, 0.29) is 0 Å². The predicted molar refractivity (Wildman–Crippen MR) is 73.0 cm³/mol. The quantitative estimate of drug-likeness (QED) is 0.832. The maximum absolute atomic E-state index is 8.98. The fourth-order valence-electron chi connectivity index (χ4n) is 2.52. The highest BCUT2D eigenvalue weighted by molar-refractivity contribution is 5.42. The molecule has 1 aromatic rings. The van der Waals surface area contributed by atoms with Gasteiger partial charge in [-0.2, -0.15) is 5.26 Å². The van der Waals surface area contributed by atoms with Crippen molar-refractivity contribution in [2.75, 3.05) is 27.3 Å². The standard InChI is InChI=1S/C15H20N2O2/c1-18-14-5-7-17(8-6-14)11-13-9-12(10-16)3-4-15(13)19-2/h3-4,9,14H,5-8,11H2,1-2H3. The molecule has 1 heterocycles. The lowest BCUT2D eigenvalue weighted by atomic mass is 10.1. The van der Waals surface area contributed by atoms with Crippen molar-refractivity contribution < 1.29 is 9.47 Å². The lowest BCUT2D eigenvalue weighted by Gasteiger charge is -2.31. The van der Waals surface area contributed by atoms with Crippen LogP contribution in [0.2, 0.25) is 0 Å². The molecule has 1 fully saturated rings. The maximum atomic E-state index is 8.98. The molecular weight excluding hydrogens is 240 g/mol. The van der Waals surface area contributed by atoms with E-state index in [1.807, 2.05) is 12.1 Å². The van der Waals surface area contributed by atoms with Crippen molar-refractivity contribution in [3.05, 3.63) is 29.3 Å². The molecule has 0 amide bonds. The summed E-state index contributed by atoms with van der Waals surface area (Å²) in [7, 11) is 3.45. The van der Waals surface area contributed by atoms with Crippen LogP contribution in [-0.4, -0.2) is 38.3 Å². The molecule has 1 aliphatic rings. The average molecular weight is 260 g/mol. The summed E-state index contributed by atoms with van der Waals surface area (Å²) >= 11 is 0. The summed E-state index contributed by atoms with van der Waals surface area (Å²) in [5.74, 6) is 0.855. The van der Waals surface area contributed by atoms with Crippen LogP contribution in [0.3, 0.4) is 0 Å². The van der Waals surface area contributed by atoms with Gasteiger partial charge in [0.1, 0.15) is 5.75 Å². The second-order valence-corrected chi connectivity index (χ2v) is 4.85. The summed E-state index contributed by atoms with van der Waals surface area (Å²) in [6.45, 7) is 2.88. The van der Waals surface area contributed by atoms with E-state index in [0.717, 1.165) is 43.8 Å². The Morgan fingerprint density at radius 3 is 2.63 bits per heavy atom. The van der Waals surface area contributed by atoms with Crippen molar-refractivity contribution in [1.29, 1.82) is 5.26 Å². The van der Waals surface area contributed by atoms with Gasteiger partial charge in [-0.1, -0.05) is 0 Å². The van der Waals surface area contributed by atoms with Crippen LogP contribution in [0.5, 0.6) is 5.75 Å². The molecule has 1 aromatic carbocycles. The Morgan fingerprint density at radius 2 is 2.05 bits per heavy atom. The number of ether oxygens (including phenoxy) is 2. The topological polar surface area (TPSA) is 45.5 Å². The normalized spacial score (nSPS) is 17.1. The number of benzene rings is 1. The molecule has 0 spiro atoms. The minimum Gasteiger partial charge on any atom is -0.496 e. The van der Waals surface area contributed by atoms with E-state index in [1.54, 1.807) is 20.3 Å². The molecule has 0 N–H and O–H groups in total. The highest BCUT2D eigenvalue weighted by atomic mass is 16.5. The maximum Gasteiger partial charge on any atom is 0.123 e. The molecule has 1 saturated heterocycles. The fraction of sp³-hybridized carbons (Fsp3) is 0.533. The molecule has 4 nitrogen and oxygen atoms in total. The lowest BCUT2D eigenvalue weighted by Crippen LogP contribution is -2.36. The molecule has 0 radical (unpaired) electrons. The monoisotopic (exact) mass is 260 g/mol. The Bertz CT molecular complexity index is 460. The number of nitrogens with zero attached hydrogens (tertiary/aromatic N) is 2. The first-order chi connectivity index (χ1) is 9.26. The number of methoxy groups -OCH3 is 2. The minimum atomic E-state index is 0.392. The zero-order valence-electron chi connectivity index (χ0n) is 11.6. The van der Waals surface area contributed by atoms with Gasteiger partial charge in [0.05, 0.1) is 24.8 Å². The molecule has 19 heavy (non-hydrogen) atoms. The van der Waals surface area contributed by atoms with E-state index in [0.29, 0.717) is 11.7 Å². The smallest absolute Gasteiger partial charge is 0.123 e. The number of likely N-dealkylation sites (tertiary alicyclic amines) is 1. The highest BCUT2D eigenvalue weighted by Crippen LogP contribution is 2.23. The van der Waals surface area contributed by atoms with Crippen molar-refractivity contribution >= 4 is 0 Å². The Labute approximate surface area is 114 Å². The van der Waals surface area contributed by atoms with Gasteiger partial charge in [-0.15, -0.1) is 0 Å². The minimum absolute atomic E-state index is 0.392. The van der Waals surface area contributed by atoms with Gasteiger partial charge in [0.25, 0.3) is 0 Å². The van der Waals surface area contributed by atoms with Crippen LogP contribution in [0.15, 0.2) is 18.2 Å². The van der Waals surface area contributed by atoms with Crippen LogP contribution in [0, 0.1) is 11.3 Å². The number of hydrogen-bond acceptors (Lipinski definition) is 4. The summed E-state index contributed by atoms with van der Waals surface area (Å²) in [6.07, 6.45) is 2.52. The van der Waals surface area contributed by atoms with E-state index < -0.39 is 0 Å². The summed E-state index contributed by atoms with van der Waals surface area (Å²) in [5, 5.41) is 8.98. The molecule has 0 saturated carbocycles. The second kappa shape index (κ2) is 6.55. The first-order valence-electron chi connectivity index (χ1n) is 6.59.